The first-order valence-corrected chi connectivity index (χ1v) is 21.8. The molecule has 9 rings (SSSR count). The summed E-state index contributed by atoms with van der Waals surface area (Å²) >= 11 is 16.6. The SMILES string of the molecule is BrC1C(Br)C(Br)C2C3NC4NC(NC5NC(NC6NC(NC(N3)C2C1Br)C1CCCCC61)C1CCCCC51)C1CCCCC41.[Co]. The van der Waals surface area contributed by atoms with E-state index in [1.807, 2.05) is 0 Å². The molecule has 8 nitrogen and oxygen atoms in total. The molecule has 20 atom stereocenters. The van der Waals surface area contributed by atoms with Crippen molar-refractivity contribution in [3.05, 3.63) is 0 Å². The third-order valence-corrected chi connectivity index (χ3v) is 20.7. The van der Waals surface area contributed by atoms with E-state index in [4.69, 9.17) is 0 Å². The van der Waals surface area contributed by atoms with Gasteiger partial charge in [0.1, 0.15) is 0 Å². The van der Waals surface area contributed by atoms with Gasteiger partial charge in [0.05, 0.1) is 49.3 Å². The Labute approximate surface area is 313 Å². The van der Waals surface area contributed by atoms with Gasteiger partial charge in [-0.25, -0.2) is 0 Å². The van der Waals surface area contributed by atoms with E-state index in [9.17, 15) is 0 Å². The van der Waals surface area contributed by atoms with Crippen LogP contribution in [0.2, 0.25) is 0 Å². The van der Waals surface area contributed by atoms with Crippen LogP contribution in [0.15, 0.2) is 0 Å². The number of hydrogen-bond acceptors (Lipinski definition) is 8. The van der Waals surface area contributed by atoms with Crippen molar-refractivity contribution >= 4 is 63.7 Å². The molecule has 257 valence electrons. The van der Waals surface area contributed by atoms with E-state index in [0.29, 0.717) is 104 Å². The zero-order valence-corrected chi connectivity index (χ0v) is 33.3. The molecule has 0 amide bonds. The van der Waals surface area contributed by atoms with Crippen molar-refractivity contribution in [2.24, 2.45) is 47.3 Å². The molecule has 5 heterocycles. The molecule has 8 N–H and O–H groups in total. The molecule has 5 aliphatic heterocycles. The molecule has 1 radical (unpaired) electrons. The molecule has 0 aromatic carbocycles. The van der Waals surface area contributed by atoms with Gasteiger partial charge in [0.15, 0.2) is 0 Å². The molecule has 9 aliphatic rings. The van der Waals surface area contributed by atoms with Gasteiger partial charge < -0.3 is 0 Å². The van der Waals surface area contributed by atoms with E-state index >= 15 is 0 Å². The van der Waals surface area contributed by atoms with Crippen LogP contribution >= 0.6 is 63.7 Å². The van der Waals surface area contributed by atoms with Crippen LogP contribution in [0.4, 0.5) is 0 Å². The van der Waals surface area contributed by atoms with Crippen molar-refractivity contribution in [1.82, 2.24) is 42.5 Å². The number of rotatable bonds is 0. The average Bonchev–Trinajstić information content (AvgIpc) is 3.78. The molecule has 8 bridgehead atoms. The van der Waals surface area contributed by atoms with E-state index in [1.54, 1.807) is 0 Å². The normalized spacial score (nSPS) is 58.9. The Morgan fingerprint density at radius 3 is 0.733 bits per heavy atom. The predicted molar refractivity (Wildman–Crippen MR) is 190 cm³/mol. The van der Waals surface area contributed by atoms with Gasteiger partial charge >= 0.3 is 0 Å². The minimum Gasteiger partial charge on any atom is -0.286 e. The number of nitrogens with one attached hydrogen (secondary N) is 8. The molecule has 20 unspecified atom stereocenters. The minimum absolute atomic E-state index is 0. The molecule has 0 aromatic rings. The molecular formula is C32H52Br4CoN8. The van der Waals surface area contributed by atoms with Gasteiger partial charge in [-0.15, -0.1) is 0 Å². The summed E-state index contributed by atoms with van der Waals surface area (Å²) in [6, 6.07) is 0. The predicted octanol–water partition coefficient (Wildman–Crippen LogP) is 4.10. The van der Waals surface area contributed by atoms with Gasteiger partial charge in [0.2, 0.25) is 0 Å². The third-order valence-electron chi connectivity index (χ3n) is 13.9. The Kier molecular flexibility index (Phi) is 10.6. The molecule has 4 aliphatic carbocycles. The van der Waals surface area contributed by atoms with Crippen molar-refractivity contribution in [2.45, 2.75) is 146 Å². The molecule has 4 saturated carbocycles. The van der Waals surface area contributed by atoms with Crippen molar-refractivity contribution in [2.75, 3.05) is 0 Å². The van der Waals surface area contributed by atoms with Gasteiger partial charge in [-0.3, -0.25) is 42.5 Å². The number of fused-ring (bicyclic) bond motifs is 20. The van der Waals surface area contributed by atoms with Gasteiger partial charge in [-0.05, 0) is 74.0 Å². The fourth-order valence-electron chi connectivity index (χ4n) is 11.9. The Hall–Kier alpha value is 2.11. The quantitative estimate of drug-likeness (QED) is 0.173. The van der Waals surface area contributed by atoms with Crippen LogP contribution in [0.25, 0.3) is 0 Å². The van der Waals surface area contributed by atoms with Crippen LogP contribution in [0.3, 0.4) is 0 Å². The zero-order chi connectivity index (χ0) is 29.7. The summed E-state index contributed by atoms with van der Waals surface area (Å²) < 4.78 is 0. The van der Waals surface area contributed by atoms with Gasteiger partial charge in [-0.1, -0.05) is 102 Å². The first kappa shape index (κ1) is 34.2. The Bertz CT molecular complexity index is 989. The second kappa shape index (κ2) is 13.9. The van der Waals surface area contributed by atoms with Crippen LogP contribution < -0.4 is 42.5 Å². The van der Waals surface area contributed by atoms with Gasteiger partial charge in [0, 0.05) is 47.9 Å². The Morgan fingerprint density at radius 2 is 0.489 bits per heavy atom. The third kappa shape index (κ3) is 5.92. The largest absolute Gasteiger partial charge is 0.286 e. The molecule has 5 saturated heterocycles. The summed E-state index contributed by atoms with van der Waals surface area (Å²) in [4.78, 5) is 1.43. The summed E-state index contributed by atoms with van der Waals surface area (Å²) in [5.74, 6) is 5.02. The van der Waals surface area contributed by atoms with Crippen LogP contribution in [0.1, 0.15) is 77.0 Å². The average molecular weight is 927 g/mol. The first-order valence-electron chi connectivity index (χ1n) is 18.1. The molecular weight excluding hydrogens is 875 g/mol. The summed E-state index contributed by atoms with van der Waals surface area (Å²) in [5, 5.41) is 33.8. The molecule has 13 heteroatoms. The fraction of sp³-hybridized carbons (Fsp3) is 1.00. The first-order chi connectivity index (χ1) is 21.5. The maximum absolute atomic E-state index is 4.26. The van der Waals surface area contributed by atoms with E-state index in [2.05, 4.69) is 106 Å². The van der Waals surface area contributed by atoms with E-state index in [-0.39, 0.29) is 29.1 Å². The van der Waals surface area contributed by atoms with E-state index in [1.165, 1.54) is 77.0 Å². The van der Waals surface area contributed by atoms with Crippen LogP contribution in [0, 0.1) is 47.3 Å². The molecule has 9 fully saturated rings. The maximum atomic E-state index is 4.26. The van der Waals surface area contributed by atoms with Crippen molar-refractivity contribution in [1.29, 1.82) is 0 Å². The number of hydrogen-bond donors (Lipinski definition) is 8. The van der Waals surface area contributed by atoms with Crippen LogP contribution in [-0.2, 0) is 16.8 Å². The van der Waals surface area contributed by atoms with Crippen molar-refractivity contribution in [3.8, 4) is 0 Å². The van der Waals surface area contributed by atoms with Crippen LogP contribution in [-0.4, -0.2) is 68.6 Å². The number of alkyl halides is 4. The minimum atomic E-state index is 0. The maximum Gasteiger partial charge on any atom is 0.0640 e. The standard InChI is InChI=1S/C32H52Br4N8.Co/c33-21-19-20(22(34)24(36)23(21)35)32-43-30-18-12-6-4-10-16(18)28(41-30)39-26-14-8-2-1-7-13(14)25(37-26)38-27-15-9-3-5-11-17(15)29(40-27)42-31(19)44-32;/h13-32,37-44H,1-12H2;. The monoisotopic (exact) mass is 923 g/mol. The van der Waals surface area contributed by atoms with Crippen LogP contribution in [0.5, 0.6) is 0 Å². The van der Waals surface area contributed by atoms with E-state index in [0.717, 1.165) is 0 Å². The van der Waals surface area contributed by atoms with E-state index < -0.39 is 0 Å². The fourth-order valence-corrected chi connectivity index (χ4v) is 16.1. The molecule has 0 aromatic heterocycles. The van der Waals surface area contributed by atoms with Gasteiger partial charge in [-0.2, -0.15) is 0 Å². The Morgan fingerprint density at radius 1 is 0.289 bits per heavy atom. The summed E-state index contributed by atoms with van der Waals surface area (Å²) in [6.07, 6.45) is 18.8. The van der Waals surface area contributed by atoms with Crippen molar-refractivity contribution in [3.63, 3.8) is 0 Å². The topological polar surface area (TPSA) is 96.2 Å². The second-order valence-electron chi connectivity index (χ2n) is 15.9. The Balaban J connectivity index is 0.00000300. The second-order valence-corrected chi connectivity index (χ2v) is 20.2. The molecule has 0 spiro atoms. The summed E-state index contributed by atoms with van der Waals surface area (Å²) in [7, 11) is 0. The summed E-state index contributed by atoms with van der Waals surface area (Å²) in [6.45, 7) is 0. The summed E-state index contributed by atoms with van der Waals surface area (Å²) in [5.41, 5.74) is 0. The van der Waals surface area contributed by atoms with Gasteiger partial charge in [0.25, 0.3) is 0 Å². The smallest absolute Gasteiger partial charge is 0.0640 e. The van der Waals surface area contributed by atoms with Crippen molar-refractivity contribution < 1.29 is 16.8 Å². The molecule has 45 heavy (non-hydrogen) atoms. The zero-order valence-electron chi connectivity index (χ0n) is 25.9. The number of halogens is 4.